The quantitative estimate of drug-likeness (QED) is 0.642. The molecule has 1 aliphatic heterocycles. The molecule has 0 atom stereocenters. The van der Waals surface area contributed by atoms with E-state index in [9.17, 15) is 4.79 Å². The van der Waals surface area contributed by atoms with E-state index in [0.717, 1.165) is 23.3 Å². The van der Waals surface area contributed by atoms with Crippen LogP contribution in [0.5, 0.6) is 0 Å². The van der Waals surface area contributed by atoms with E-state index < -0.39 is 0 Å². The number of amides is 1. The number of hydrogen-bond acceptors (Lipinski definition) is 3. The van der Waals surface area contributed by atoms with Gasteiger partial charge in [-0.2, -0.15) is 0 Å². The molecule has 0 saturated carbocycles. The van der Waals surface area contributed by atoms with Gasteiger partial charge in [0.1, 0.15) is 11.2 Å². The summed E-state index contributed by atoms with van der Waals surface area (Å²) in [7, 11) is 1.65. The second kappa shape index (κ2) is 8.55. The average Bonchev–Trinajstić information content (AvgIpc) is 3.34. The van der Waals surface area contributed by atoms with E-state index in [1.807, 2.05) is 23.6 Å². The average molecular weight is 418 g/mol. The molecule has 3 heterocycles. The molecule has 31 heavy (non-hydrogen) atoms. The smallest absolute Gasteiger partial charge is 0.267 e. The first-order valence-corrected chi connectivity index (χ1v) is 10.9. The van der Waals surface area contributed by atoms with Gasteiger partial charge in [0.2, 0.25) is 0 Å². The Hall–Kier alpha value is -3.12. The van der Waals surface area contributed by atoms with Crippen molar-refractivity contribution in [2.45, 2.75) is 39.8 Å². The van der Waals surface area contributed by atoms with Gasteiger partial charge in [0.25, 0.3) is 5.91 Å². The van der Waals surface area contributed by atoms with Gasteiger partial charge in [-0.1, -0.05) is 30.3 Å². The van der Waals surface area contributed by atoms with Gasteiger partial charge in [0, 0.05) is 25.8 Å². The first-order chi connectivity index (χ1) is 14.9. The lowest BCUT2D eigenvalue weighted by Gasteiger charge is -2.17. The predicted molar refractivity (Wildman–Crippen MR) is 125 cm³/mol. The number of rotatable bonds is 6. The van der Waals surface area contributed by atoms with Gasteiger partial charge < -0.3 is 9.88 Å². The number of hydrogen-bond donors (Lipinski definition) is 2. The predicted octanol–water partition coefficient (Wildman–Crippen LogP) is 3.72. The summed E-state index contributed by atoms with van der Waals surface area (Å²) in [5, 5.41) is 11.0. The Morgan fingerprint density at radius 3 is 2.39 bits per heavy atom. The van der Waals surface area contributed by atoms with Crippen LogP contribution in [0.15, 0.2) is 43.0 Å². The lowest BCUT2D eigenvalue weighted by molar-refractivity contribution is 0.0955. The normalized spacial score (nSPS) is 14.3. The maximum Gasteiger partial charge on any atom is 0.267 e. The van der Waals surface area contributed by atoms with Gasteiger partial charge in [-0.15, -0.1) is 0 Å². The molecule has 3 aromatic rings. The minimum atomic E-state index is -0.138. The second-order valence-electron chi connectivity index (χ2n) is 8.56. The number of aryl methyl sites for hydroxylation is 1. The second-order valence-corrected chi connectivity index (χ2v) is 8.56. The number of benzene rings is 1. The molecular formula is C25H31N5O. The number of nitrogens with one attached hydrogen (secondary N) is 2. The molecule has 0 bridgehead atoms. The number of allylic oxidation sites excluding steroid dienone is 1. The Morgan fingerprint density at radius 1 is 1.06 bits per heavy atom. The minimum Gasteiger partial charge on any atom is -0.354 e. The summed E-state index contributed by atoms with van der Waals surface area (Å²) < 4.78 is 3.83. The third-order valence-corrected chi connectivity index (χ3v) is 5.98. The molecule has 2 N–H and O–H groups in total. The Balaban J connectivity index is 1.79. The Bertz CT molecular complexity index is 1210. The number of nitrogens with zero attached hydrogens (tertiary/aromatic N) is 3. The fraction of sp³-hybridized carbons (Fsp3) is 0.360. The van der Waals surface area contributed by atoms with Crippen LogP contribution >= 0.6 is 0 Å². The summed E-state index contributed by atoms with van der Waals surface area (Å²) in [5.41, 5.74) is 7.15. The molecule has 0 unspecified atom stereocenters. The molecule has 0 aliphatic carbocycles. The number of carbonyl (C=O) groups is 1. The summed E-state index contributed by atoms with van der Waals surface area (Å²) in [4.78, 5) is 15.2. The van der Waals surface area contributed by atoms with Crippen LogP contribution in [0.4, 0.5) is 0 Å². The molecule has 1 fully saturated rings. The van der Waals surface area contributed by atoms with Crippen LogP contribution in [0.3, 0.4) is 0 Å². The lowest BCUT2D eigenvalue weighted by atomic mass is 10.1. The summed E-state index contributed by atoms with van der Waals surface area (Å²) in [6.07, 6.45) is 2.56. The summed E-state index contributed by atoms with van der Waals surface area (Å²) in [5.74, 6) is -0.138. The van der Waals surface area contributed by atoms with Gasteiger partial charge >= 0.3 is 0 Å². The molecule has 6 heteroatoms. The molecule has 0 spiro atoms. The molecule has 162 valence electrons. The van der Waals surface area contributed by atoms with Crippen LogP contribution in [0.25, 0.3) is 16.7 Å². The monoisotopic (exact) mass is 417 g/mol. The van der Waals surface area contributed by atoms with Crippen molar-refractivity contribution in [1.29, 1.82) is 5.41 Å². The van der Waals surface area contributed by atoms with E-state index in [0.29, 0.717) is 17.7 Å². The Kier molecular flexibility index (Phi) is 5.83. The molecular weight excluding hydrogens is 386 g/mol. The maximum atomic E-state index is 12.7. The highest BCUT2D eigenvalue weighted by atomic mass is 16.1. The summed E-state index contributed by atoms with van der Waals surface area (Å²) in [6.45, 7) is 11.9. The van der Waals surface area contributed by atoms with Crippen LogP contribution in [0.2, 0.25) is 0 Å². The third-order valence-electron chi connectivity index (χ3n) is 5.98. The van der Waals surface area contributed by atoms with Gasteiger partial charge in [-0.3, -0.25) is 19.7 Å². The highest BCUT2D eigenvalue weighted by molar-refractivity contribution is 5.98. The SMILES string of the molecule is C=C(C)n1c(=N)ccc2c1cc(C(=O)NC)n2Cc1cc(C)cc(CN2CCCC2)c1. The molecule has 4 rings (SSSR count). The highest BCUT2D eigenvalue weighted by Crippen LogP contribution is 2.23. The molecule has 1 aromatic carbocycles. The number of carbonyl (C=O) groups excluding carboxylic acids is 1. The molecule has 1 aliphatic rings. The molecule has 6 nitrogen and oxygen atoms in total. The number of fused-ring (bicyclic) bond motifs is 1. The van der Waals surface area contributed by atoms with Crippen molar-refractivity contribution >= 4 is 22.6 Å². The van der Waals surface area contributed by atoms with Gasteiger partial charge in [0.05, 0.1) is 11.0 Å². The van der Waals surface area contributed by atoms with E-state index in [2.05, 4.69) is 41.9 Å². The van der Waals surface area contributed by atoms with Gasteiger partial charge in [-0.05, 0) is 69.1 Å². The standard InChI is InChI=1S/C25H31N5O/c1-17(2)30-22-14-23(25(31)27-4)29(21(22)7-8-24(30)26)16-20-12-18(3)11-19(13-20)15-28-9-5-6-10-28/h7-8,11-14,26H,1,5-6,9-10,15-16H2,2-4H3,(H,27,31). The molecule has 1 amide bonds. The van der Waals surface area contributed by atoms with E-state index in [-0.39, 0.29) is 5.91 Å². The van der Waals surface area contributed by atoms with E-state index in [1.54, 1.807) is 17.7 Å². The van der Waals surface area contributed by atoms with E-state index in [4.69, 9.17) is 5.41 Å². The van der Waals surface area contributed by atoms with Crippen molar-refractivity contribution in [3.63, 3.8) is 0 Å². The number of pyridine rings is 1. The minimum absolute atomic E-state index is 0.138. The van der Waals surface area contributed by atoms with Crippen molar-refractivity contribution in [1.82, 2.24) is 19.4 Å². The fourth-order valence-corrected chi connectivity index (χ4v) is 4.68. The molecule has 0 radical (unpaired) electrons. The largest absolute Gasteiger partial charge is 0.354 e. The molecule has 2 aromatic heterocycles. The van der Waals surface area contributed by atoms with Crippen LogP contribution in [-0.4, -0.2) is 40.1 Å². The topological polar surface area (TPSA) is 66.0 Å². The first-order valence-electron chi connectivity index (χ1n) is 10.9. The van der Waals surface area contributed by atoms with Crippen LogP contribution in [0, 0.1) is 12.3 Å². The van der Waals surface area contributed by atoms with E-state index >= 15 is 0 Å². The van der Waals surface area contributed by atoms with E-state index in [1.165, 1.54) is 42.6 Å². The Labute approximate surface area is 183 Å². The van der Waals surface area contributed by atoms with Gasteiger partial charge in [0.15, 0.2) is 0 Å². The first kappa shape index (κ1) is 21.1. The van der Waals surface area contributed by atoms with Crippen LogP contribution in [-0.2, 0) is 13.1 Å². The number of likely N-dealkylation sites (tertiary alicyclic amines) is 1. The number of aromatic nitrogens is 2. The highest BCUT2D eigenvalue weighted by Gasteiger charge is 2.18. The zero-order chi connectivity index (χ0) is 22.1. The Morgan fingerprint density at radius 2 is 1.74 bits per heavy atom. The van der Waals surface area contributed by atoms with Gasteiger partial charge in [-0.25, -0.2) is 0 Å². The van der Waals surface area contributed by atoms with Crippen molar-refractivity contribution in [3.8, 4) is 0 Å². The summed E-state index contributed by atoms with van der Waals surface area (Å²) >= 11 is 0. The zero-order valence-corrected chi connectivity index (χ0v) is 18.7. The zero-order valence-electron chi connectivity index (χ0n) is 18.7. The summed E-state index contributed by atoms with van der Waals surface area (Å²) in [6, 6.07) is 12.3. The van der Waals surface area contributed by atoms with Crippen molar-refractivity contribution in [3.05, 3.63) is 70.8 Å². The fourth-order valence-electron chi connectivity index (χ4n) is 4.68. The lowest BCUT2D eigenvalue weighted by Crippen LogP contribution is -2.22. The van der Waals surface area contributed by atoms with Crippen LogP contribution < -0.4 is 10.8 Å². The van der Waals surface area contributed by atoms with Crippen molar-refractivity contribution < 1.29 is 4.79 Å². The molecule has 1 saturated heterocycles. The third kappa shape index (κ3) is 4.21. The van der Waals surface area contributed by atoms with Crippen molar-refractivity contribution in [2.24, 2.45) is 0 Å². The van der Waals surface area contributed by atoms with Crippen molar-refractivity contribution in [2.75, 3.05) is 20.1 Å². The van der Waals surface area contributed by atoms with Crippen LogP contribution in [0.1, 0.15) is 46.9 Å². The maximum absolute atomic E-state index is 12.7.